The molecule has 0 saturated heterocycles. The molecule has 0 radical (unpaired) electrons. The van der Waals surface area contributed by atoms with Gasteiger partial charge >= 0.3 is 5.97 Å². The summed E-state index contributed by atoms with van der Waals surface area (Å²) in [6.07, 6.45) is 5.46. The van der Waals surface area contributed by atoms with E-state index in [1.807, 2.05) is 71.5 Å². The van der Waals surface area contributed by atoms with Gasteiger partial charge in [-0.25, -0.2) is 9.48 Å². The van der Waals surface area contributed by atoms with Gasteiger partial charge < -0.3 is 5.11 Å². The van der Waals surface area contributed by atoms with Gasteiger partial charge in [0.25, 0.3) is 0 Å². The summed E-state index contributed by atoms with van der Waals surface area (Å²) in [6.45, 7) is 0. The second-order valence-electron chi connectivity index (χ2n) is 6.15. The first-order valence-corrected chi connectivity index (χ1v) is 8.58. The first kappa shape index (κ1) is 16.7. The normalized spacial score (nSPS) is 10.7. The molecule has 132 valence electrons. The van der Waals surface area contributed by atoms with Crippen LogP contribution in [0.4, 0.5) is 0 Å². The van der Waals surface area contributed by atoms with E-state index >= 15 is 0 Å². The SMILES string of the molecule is O=C(O)c1ccncc1Cc1nn(-c2ccccc2)cc1-c1ccccc1. The molecule has 2 heterocycles. The fourth-order valence-electron chi connectivity index (χ4n) is 3.07. The molecule has 1 N–H and O–H groups in total. The van der Waals surface area contributed by atoms with Gasteiger partial charge in [-0.2, -0.15) is 5.10 Å². The highest BCUT2D eigenvalue weighted by molar-refractivity contribution is 5.89. The summed E-state index contributed by atoms with van der Waals surface area (Å²) >= 11 is 0. The van der Waals surface area contributed by atoms with Gasteiger partial charge in [0.15, 0.2) is 0 Å². The Morgan fingerprint density at radius 2 is 1.67 bits per heavy atom. The number of hydrogen-bond acceptors (Lipinski definition) is 3. The van der Waals surface area contributed by atoms with Gasteiger partial charge in [0.05, 0.1) is 16.9 Å². The highest BCUT2D eigenvalue weighted by Crippen LogP contribution is 2.27. The van der Waals surface area contributed by atoms with Crippen molar-refractivity contribution in [1.29, 1.82) is 0 Å². The number of carbonyl (C=O) groups is 1. The van der Waals surface area contributed by atoms with Crippen LogP contribution in [0.2, 0.25) is 0 Å². The van der Waals surface area contributed by atoms with E-state index in [4.69, 9.17) is 5.10 Å². The molecule has 4 aromatic rings. The minimum atomic E-state index is -0.962. The summed E-state index contributed by atoms with van der Waals surface area (Å²) < 4.78 is 1.83. The summed E-state index contributed by atoms with van der Waals surface area (Å²) in [5.74, 6) is -0.962. The highest BCUT2D eigenvalue weighted by Gasteiger charge is 2.16. The van der Waals surface area contributed by atoms with E-state index in [1.165, 1.54) is 12.3 Å². The van der Waals surface area contributed by atoms with E-state index in [0.29, 0.717) is 12.0 Å². The molecule has 0 aliphatic carbocycles. The third-order valence-corrected chi connectivity index (χ3v) is 4.39. The topological polar surface area (TPSA) is 68.0 Å². The van der Waals surface area contributed by atoms with Crippen molar-refractivity contribution >= 4 is 5.97 Å². The van der Waals surface area contributed by atoms with Crippen molar-refractivity contribution in [1.82, 2.24) is 14.8 Å². The van der Waals surface area contributed by atoms with Gasteiger partial charge in [0, 0.05) is 30.6 Å². The van der Waals surface area contributed by atoms with Crippen LogP contribution in [-0.2, 0) is 6.42 Å². The number of carboxylic acids is 1. The molecule has 2 aromatic carbocycles. The zero-order valence-corrected chi connectivity index (χ0v) is 14.5. The number of benzene rings is 2. The van der Waals surface area contributed by atoms with Crippen molar-refractivity contribution in [2.75, 3.05) is 0 Å². The van der Waals surface area contributed by atoms with Crippen molar-refractivity contribution < 1.29 is 9.90 Å². The summed E-state index contributed by atoms with van der Waals surface area (Å²) in [4.78, 5) is 15.6. The first-order valence-electron chi connectivity index (χ1n) is 8.58. The largest absolute Gasteiger partial charge is 0.478 e. The van der Waals surface area contributed by atoms with E-state index in [-0.39, 0.29) is 5.56 Å². The molecule has 0 aliphatic rings. The minimum Gasteiger partial charge on any atom is -0.478 e. The van der Waals surface area contributed by atoms with E-state index in [2.05, 4.69) is 4.98 Å². The third-order valence-electron chi connectivity index (χ3n) is 4.39. The van der Waals surface area contributed by atoms with Gasteiger partial charge in [-0.1, -0.05) is 48.5 Å². The number of hydrogen-bond donors (Lipinski definition) is 1. The lowest BCUT2D eigenvalue weighted by atomic mass is 10.00. The van der Waals surface area contributed by atoms with Crippen molar-refractivity contribution in [3.8, 4) is 16.8 Å². The molecule has 2 aromatic heterocycles. The van der Waals surface area contributed by atoms with Crippen molar-refractivity contribution in [3.05, 3.63) is 102 Å². The smallest absolute Gasteiger partial charge is 0.336 e. The molecule has 0 bridgehead atoms. The Labute approximate surface area is 156 Å². The highest BCUT2D eigenvalue weighted by atomic mass is 16.4. The predicted octanol–water partition coefficient (Wildman–Crippen LogP) is 4.22. The number of aromatic nitrogens is 3. The van der Waals surface area contributed by atoms with Crippen LogP contribution in [0.15, 0.2) is 85.3 Å². The monoisotopic (exact) mass is 355 g/mol. The summed E-state index contributed by atoms with van der Waals surface area (Å²) in [5.41, 5.74) is 4.65. The molecular weight excluding hydrogens is 338 g/mol. The molecule has 0 saturated carbocycles. The summed E-state index contributed by atoms with van der Waals surface area (Å²) in [5, 5.41) is 14.2. The summed E-state index contributed by atoms with van der Waals surface area (Å²) in [6, 6.07) is 21.3. The van der Waals surface area contributed by atoms with Crippen LogP contribution >= 0.6 is 0 Å². The summed E-state index contributed by atoms with van der Waals surface area (Å²) in [7, 11) is 0. The minimum absolute atomic E-state index is 0.248. The quantitative estimate of drug-likeness (QED) is 0.582. The average Bonchev–Trinajstić information content (AvgIpc) is 3.13. The molecule has 5 nitrogen and oxygen atoms in total. The van der Waals surface area contributed by atoms with Crippen LogP contribution in [-0.4, -0.2) is 25.8 Å². The van der Waals surface area contributed by atoms with Crippen LogP contribution < -0.4 is 0 Å². The van der Waals surface area contributed by atoms with E-state index in [0.717, 1.165) is 22.5 Å². The van der Waals surface area contributed by atoms with Gasteiger partial charge in [-0.3, -0.25) is 4.98 Å². The third kappa shape index (κ3) is 3.48. The lowest BCUT2D eigenvalue weighted by Crippen LogP contribution is -2.05. The average molecular weight is 355 g/mol. The van der Waals surface area contributed by atoms with Gasteiger partial charge in [-0.05, 0) is 29.3 Å². The number of nitrogens with zero attached hydrogens (tertiary/aromatic N) is 3. The second-order valence-corrected chi connectivity index (χ2v) is 6.15. The Bertz CT molecular complexity index is 1070. The van der Waals surface area contributed by atoms with Crippen molar-refractivity contribution in [3.63, 3.8) is 0 Å². The van der Waals surface area contributed by atoms with Gasteiger partial charge in [0.1, 0.15) is 0 Å². The second kappa shape index (κ2) is 7.25. The Balaban J connectivity index is 1.82. The predicted molar refractivity (Wildman–Crippen MR) is 103 cm³/mol. The molecule has 0 aliphatic heterocycles. The Hall–Kier alpha value is -3.73. The number of rotatable bonds is 5. The molecule has 4 rings (SSSR count). The lowest BCUT2D eigenvalue weighted by Gasteiger charge is -2.05. The van der Waals surface area contributed by atoms with Crippen LogP contribution in [0.3, 0.4) is 0 Å². The van der Waals surface area contributed by atoms with E-state index < -0.39 is 5.97 Å². The molecular formula is C22H17N3O2. The van der Waals surface area contributed by atoms with E-state index in [1.54, 1.807) is 6.20 Å². The molecule has 5 heteroatoms. The van der Waals surface area contributed by atoms with Crippen molar-refractivity contribution in [2.24, 2.45) is 0 Å². The zero-order chi connectivity index (χ0) is 18.6. The number of pyridine rings is 1. The van der Waals surface area contributed by atoms with Crippen LogP contribution in [0, 0.1) is 0 Å². The maximum Gasteiger partial charge on any atom is 0.336 e. The molecule has 0 amide bonds. The van der Waals surface area contributed by atoms with Gasteiger partial charge in [-0.15, -0.1) is 0 Å². The molecule has 27 heavy (non-hydrogen) atoms. The number of carboxylic acid groups (broad SMARTS) is 1. The molecule has 0 atom stereocenters. The first-order chi connectivity index (χ1) is 13.2. The number of para-hydroxylation sites is 1. The molecule has 0 unspecified atom stereocenters. The maximum atomic E-state index is 11.5. The zero-order valence-electron chi connectivity index (χ0n) is 14.5. The number of aromatic carboxylic acids is 1. The van der Waals surface area contributed by atoms with Crippen LogP contribution in [0.1, 0.15) is 21.6 Å². The molecule has 0 spiro atoms. The van der Waals surface area contributed by atoms with E-state index in [9.17, 15) is 9.90 Å². The molecule has 0 fully saturated rings. The van der Waals surface area contributed by atoms with Crippen molar-refractivity contribution in [2.45, 2.75) is 6.42 Å². The van der Waals surface area contributed by atoms with Crippen LogP contribution in [0.5, 0.6) is 0 Å². The maximum absolute atomic E-state index is 11.5. The standard InChI is InChI=1S/C22H17N3O2/c26-22(27)19-11-12-23-14-17(19)13-21-20(16-7-3-1-4-8-16)15-25(24-21)18-9-5-2-6-10-18/h1-12,14-15H,13H2,(H,26,27). The van der Waals surface area contributed by atoms with Crippen LogP contribution in [0.25, 0.3) is 16.8 Å². The Kier molecular flexibility index (Phi) is 4.49. The Morgan fingerprint density at radius 1 is 0.963 bits per heavy atom. The van der Waals surface area contributed by atoms with Gasteiger partial charge in [0.2, 0.25) is 0 Å². The Morgan fingerprint density at radius 3 is 2.37 bits per heavy atom. The fraction of sp³-hybridized carbons (Fsp3) is 0.0455. The fourth-order valence-corrected chi connectivity index (χ4v) is 3.07. The lowest BCUT2D eigenvalue weighted by molar-refractivity contribution is 0.0695.